The standard InChI is InChI=1S/C42H46F2N8O3.C15H12Cl2FNO.C6H13N.CH4O/c1-5-30-34(43)9-6-26-16-29(54)17-31(37(26)30)39-38(44)40(32(19-47-39)41(45-4)51-20-27-7-8-28(21-51)48-27)46-12-15-50-13-10-42(11-14-50)23-52(24-42)36-18-35(55-49-36)33(22-53)25(2)3;1-9(19-8-20)10-2-4-11(5-3-10)15-13(16)6-12(18)7-14(15)17;1-6-4-3-5-7(6)2;1-2/h1,6,9,16-19,22,25,27-28,33,48,54H,4,7-8,10-15,20-21,23-24H2,2-3H3;2-9H,1H3,(H,19,20);6H,3-5H2,1-2H3;2H,1H3/b41-32+,46-40?;;;. The van der Waals surface area contributed by atoms with Crippen LogP contribution >= 0.6 is 23.2 Å². The number of aliphatic hydroxyl groups is 1. The fraction of sp³-hybridized carbons (Fsp3) is 0.438. The predicted octanol–water partition coefficient (Wildman–Crippen LogP) is 11.0. The summed E-state index contributed by atoms with van der Waals surface area (Å²) in [6.07, 6.45) is 15.8. The van der Waals surface area contributed by atoms with Crippen molar-refractivity contribution in [3.8, 4) is 29.2 Å². The van der Waals surface area contributed by atoms with Crippen LogP contribution < -0.4 is 15.5 Å². The first-order chi connectivity index (χ1) is 40.4. The first-order valence-electron chi connectivity index (χ1n) is 28.6. The second-order valence-corrected chi connectivity index (χ2v) is 23.6. The number of benzene rings is 4. The maximum absolute atomic E-state index is 17.1. The molecule has 1 amide bonds. The summed E-state index contributed by atoms with van der Waals surface area (Å²) in [5.74, 6) is 2.22. The number of likely N-dealkylation sites (tertiary alicyclic amines) is 3. The van der Waals surface area contributed by atoms with Gasteiger partial charge in [0, 0.05) is 92.2 Å². The molecule has 6 aliphatic rings. The van der Waals surface area contributed by atoms with E-state index in [-0.39, 0.29) is 67.0 Å². The van der Waals surface area contributed by atoms with E-state index in [0.29, 0.717) is 72.8 Å². The molecule has 84 heavy (non-hydrogen) atoms. The molecule has 1 spiro atoms. The number of anilines is 1. The first-order valence-corrected chi connectivity index (χ1v) is 29.3. The Kier molecular flexibility index (Phi) is 21.3. The lowest BCUT2D eigenvalue weighted by atomic mass is 9.72. The van der Waals surface area contributed by atoms with Gasteiger partial charge in [-0.15, -0.1) is 6.42 Å². The van der Waals surface area contributed by atoms with Crippen molar-refractivity contribution in [2.45, 2.75) is 96.3 Å². The van der Waals surface area contributed by atoms with Gasteiger partial charge < -0.3 is 49.8 Å². The van der Waals surface area contributed by atoms with Crippen LogP contribution in [0, 0.1) is 35.3 Å². The number of rotatable bonds is 14. The van der Waals surface area contributed by atoms with Crippen molar-refractivity contribution >= 4 is 76.8 Å². The van der Waals surface area contributed by atoms with Crippen LogP contribution in [0.1, 0.15) is 101 Å². The number of carbonyl (C=O) groups excluding carboxylic acids is 2. The molecular weight excluding hydrogens is 1120 g/mol. The van der Waals surface area contributed by atoms with E-state index in [4.69, 9.17) is 44.2 Å². The zero-order valence-electron chi connectivity index (χ0n) is 48.5. The minimum absolute atomic E-state index is 0.0338. The molecule has 5 atom stereocenters. The number of fused-ring (bicyclic) bond motifs is 3. The third kappa shape index (κ3) is 14.3. The maximum atomic E-state index is 17.1. The van der Waals surface area contributed by atoms with Crippen LogP contribution in [0.5, 0.6) is 5.75 Å². The number of phenols is 1. The Bertz CT molecular complexity index is 3300. The van der Waals surface area contributed by atoms with Crippen LogP contribution in [-0.4, -0.2) is 153 Å². The van der Waals surface area contributed by atoms with Gasteiger partial charge in [0.15, 0.2) is 11.6 Å². The number of halogens is 5. The number of nitrogens with zero attached hydrogens (tertiary/aromatic N) is 8. The minimum Gasteiger partial charge on any atom is -0.508 e. The summed E-state index contributed by atoms with van der Waals surface area (Å²) in [5.41, 5.74) is 3.12. The number of phenolic OH excluding ortho intramolecular Hbond substituents is 1. The fourth-order valence-corrected chi connectivity index (χ4v) is 12.7. The number of aromatic nitrogens is 1. The lowest BCUT2D eigenvalue weighted by molar-refractivity contribution is -0.111. The van der Waals surface area contributed by atoms with Crippen molar-refractivity contribution < 1.29 is 37.5 Å². The van der Waals surface area contributed by atoms with Crippen molar-refractivity contribution in [2.75, 3.05) is 78.0 Å². The number of hydrogen-bond acceptors (Lipinski definition) is 14. The van der Waals surface area contributed by atoms with Gasteiger partial charge in [-0.1, -0.05) is 78.5 Å². The van der Waals surface area contributed by atoms with Crippen molar-refractivity contribution in [2.24, 2.45) is 26.3 Å². The number of piperidine rings is 1. The van der Waals surface area contributed by atoms with E-state index in [0.717, 1.165) is 88.2 Å². The summed E-state index contributed by atoms with van der Waals surface area (Å²) < 4.78 is 50.8. The Morgan fingerprint density at radius 1 is 0.976 bits per heavy atom. The van der Waals surface area contributed by atoms with Crippen LogP contribution in [0.3, 0.4) is 0 Å². The van der Waals surface area contributed by atoms with E-state index in [1.54, 1.807) is 6.21 Å². The molecule has 4 aromatic carbocycles. The van der Waals surface area contributed by atoms with E-state index >= 15 is 4.39 Å². The van der Waals surface area contributed by atoms with E-state index in [1.165, 1.54) is 55.8 Å². The fourth-order valence-electron chi connectivity index (χ4n) is 12.0. The molecule has 1 aromatic heterocycles. The number of aromatic hydroxyl groups is 1. The largest absolute Gasteiger partial charge is 0.508 e. The van der Waals surface area contributed by atoms with Gasteiger partial charge in [0.1, 0.15) is 46.7 Å². The summed E-state index contributed by atoms with van der Waals surface area (Å²) in [6.45, 7) is 19.2. The number of allylic oxidation sites excluding steroid dienone is 2. The topological polar surface area (TPSA) is 175 Å². The predicted molar refractivity (Wildman–Crippen MR) is 330 cm³/mol. The third-order valence-corrected chi connectivity index (χ3v) is 17.5. The summed E-state index contributed by atoms with van der Waals surface area (Å²) in [7, 11) is 3.19. The number of carbonyl (C=O) groups is 2. The average Bonchev–Trinajstić information content (AvgIpc) is 1.83. The highest BCUT2D eigenvalue weighted by atomic mass is 35.5. The van der Waals surface area contributed by atoms with Gasteiger partial charge in [-0.2, -0.15) is 0 Å². The van der Waals surface area contributed by atoms with Gasteiger partial charge >= 0.3 is 0 Å². The second kappa shape index (κ2) is 28.4. The molecular formula is C64H75Cl2F3N10O5. The zero-order chi connectivity index (χ0) is 60.4. The molecule has 20 heteroatoms. The number of amides is 1. The molecule has 5 unspecified atom stereocenters. The molecule has 5 fully saturated rings. The van der Waals surface area contributed by atoms with Gasteiger partial charge in [-0.05, 0) is 139 Å². The molecule has 5 saturated heterocycles. The second-order valence-electron chi connectivity index (χ2n) is 22.8. The molecule has 11 rings (SSSR count). The van der Waals surface area contributed by atoms with E-state index in [9.17, 15) is 23.5 Å². The Morgan fingerprint density at radius 3 is 2.23 bits per heavy atom. The van der Waals surface area contributed by atoms with E-state index in [2.05, 4.69) is 72.0 Å². The van der Waals surface area contributed by atoms with Crippen molar-refractivity contribution in [1.82, 2.24) is 30.5 Å². The van der Waals surface area contributed by atoms with Crippen molar-refractivity contribution in [1.29, 1.82) is 0 Å². The number of nitrogens with one attached hydrogen (secondary N) is 2. The van der Waals surface area contributed by atoms with Crippen LogP contribution in [0.4, 0.5) is 19.0 Å². The highest BCUT2D eigenvalue weighted by molar-refractivity contribution is 6.39. The molecule has 0 saturated carbocycles. The molecule has 0 radical (unpaired) electrons. The Morgan fingerprint density at radius 2 is 1.65 bits per heavy atom. The van der Waals surface area contributed by atoms with Gasteiger partial charge in [-0.3, -0.25) is 14.8 Å². The first kappa shape index (κ1) is 63.2. The number of piperazine rings is 1. The lowest BCUT2D eigenvalue weighted by Gasteiger charge is -2.54. The molecule has 0 aliphatic carbocycles. The smallest absolute Gasteiger partial charge is 0.207 e. The quantitative estimate of drug-likeness (QED) is 0.0473. The summed E-state index contributed by atoms with van der Waals surface area (Å²) in [6, 6.07) is 18.7. The highest BCUT2D eigenvalue weighted by Gasteiger charge is 2.46. The monoisotopic (exact) mass is 1190 g/mol. The highest BCUT2D eigenvalue weighted by Crippen LogP contribution is 2.44. The van der Waals surface area contributed by atoms with Crippen molar-refractivity contribution in [3.05, 3.63) is 128 Å². The lowest BCUT2D eigenvalue weighted by Crippen LogP contribution is -2.60. The number of aldehydes is 1. The Hall–Kier alpha value is -6.85. The third-order valence-electron chi connectivity index (χ3n) is 16.9. The molecule has 7 heterocycles. The molecule has 5 aromatic rings. The molecule has 6 aliphatic heterocycles. The van der Waals surface area contributed by atoms with Gasteiger partial charge in [-0.25, -0.2) is 18.2 Å². The van der Waals surface area contributed by atoms with E-state index < -0.39 is 17.5 Å². The number of aliphatic imine (C=N–C) groups is 3. The van der Waals surface area contributed by atoms with Gasteiger partial charge in [0.25, 0.3) is 0 Å². The number of aliphatic hydroxyl groups excluding tert-OH is 1. The van der Waals surface area contributed by atoms with Crippen LogP contribution in [0.2, 0.25) is 10.0 Å². The molecule has 15 nitrogen and oxygen atoms in total. The van der Waals surface area contributed by atoms with Crippen LogP contribution in [0.15, 0.2) is 103 Å². The molecule has 446 valence electrons. The van der Waals surface area contributed by atoms with Gasteiger partial charge in [0.2, 0.25) is 6.41 Å². The van der Waals surface area contributed by atoms with Crippen molar-refractivity contribution in [3.63, 3.8) is 0 Å². The Labute approximate surface area is 500 Å². The number of terminal acetylenes is 1. The summed E-state index contributed by atoms with van der Waals surface area (Å²) in [4.78, 5) is 45.0. The number of hydrogen-bond donors (Lipinski definition) is 4. The average molecular weight is 1190 g/mol. The zero-order valence-corrected chi connectivity index (χ0v) is 50.0. The van der Waals surface area contributed by atoms with Crippen LogP contribution in [-0.2, 0) is 9.59 Å². The maximum Gasteiger partial charge on any atom is 0.207 e. The minimum atomic E-state index is -0.702. The molecule has 4 N–H and O–H groups in total. The van der Waals surface area contributed by atoms with E-state index in [1.807, 2.05) is 51.1 Å². The Balaban J connectivity index is 0.000000260. The normalized spacial score (nSPS) is 21.8. The summed E-state index contributed by atoms with van der Waals surface area (Å²) >= 11 is 12.1. The van der Waals surface area contributed by atoms with Gasteiger partial charge in [0.05, 0.1) is 39.7 Å². The summed E-state index contributed by atoms with van der Waals surface area (Å²) in [5, 5.41) is 29.5. The van der Waals surface area contributed by atoms with Crippen LogP contribution in [0.25, 0.3) is 27.6 Å². The SMILES string of the molecule is C#Cc1c(F)ccc2cc(O)cc(C3=C(F)C(=NCCN4CCC5(CC4)CN(c4cc(C(C=O)C(C)C)on4)C5)/C(=C(\N=C)N4CC5CCC(C4)N5)C=N3)c12.CC(NC=O)c1ccc(-c2c(Cl)cc(F)cc2Cl)cc1.CC1CCCN1C.CO. The molecule has 2 bridgehead atoms.